The molecule has 0 bridgehead atoms. The summed E-state index contributed by atoms with van der Waals surface area (Å²) in [5.41, 5.74) is 7.17. The van der Waals surface area contributed by atoms with Gasteiger partial charge in [-0.25, -0.2) is 8.78 Å². The molecule has 114 valence electrons. The molecule has 1 atom stereocenters. The minimum atomic E-state index is -0.606. The van der Waals surface area contributed by atoms with Crippen molar-refractivity contribution in [2.75, 3.05) is 0 Å². The first-order valence-corrected chi connectivity index (χ1v) is 8.06. The SMILES string of the molecule is CC.NC(Cc1cc(F)cc(F)c1)c1ncc(Br)cc1Br. The molecule has 0 aliphatic carbocycles. The first-order valence-electron chi connectivity index (χ1n) is 6.47. The number of pyridine rings is 1. The van der Waals surface area contributed by atoms with Gasteiger partial charge in [-0.05, 0) is 62.0 Å². The molecular weight excluding hydrogens is 406 g/mol. The number of benzene rings is 1. The maximum atomic E-state index is 13.1. The molecule has 0 spiro atoms. The van der Waals surface area contributed by atoms with Crippen LogP contribution in [-0.4, -0.2) is 4.98 Å². The van der Waals surface area contributed by atoms with Crippen molar-refractivity contribution in [2.45, 2.75) is 26.3 Å². The molecule has 1 aromatic heterocycles. The van der Waals surface area contributed by atoms with E-state index in [0.29, 0.717) is 17.7 Å². The third-order valence-electron chi connectivity index (χ3n) is 2.57. The third-order valence-corrected chi connectivity index (χ3v) is 3.63. The molecule has 1 aromatic carbocycles. The standard InChI is InChI=1S/C13H10Br2F2N2.C2H6/c14-8-4-11(15)13(19-6-8)12(18)3-7-1-9(16)5-10(17)2-7;1-2/h1-2,4-6,12H,3,18H2;1-2H3. The van der Waals surface area contributed by atoms with Crippen LogP contribution in [0.3, 0.4) is 0 Å². The maximum absolute atomic E-state index is 13.1. The summed E-state index contributed by atoms with van der Waals surface area (Å²) in [5, 5.41) is 0. The Balaban J connectivity index is 0.00000106. The van der Waals surface area contributed by atoms with Crippen LogP contribution in [0.15, 0.2) is 39.4 Å². The first-order chi connectivity index (χ1) is 9.95. The molecule has 6 heteroatoms. The highest BCUT2D eigenvalue weighted by Gasteiger charge is 2.13. The van der Waals surface area contributed by atoms with Crippen LogP contribution in [0.5, 0.6) is 0 Å². The number of rotatable bonds is 3. The van der Waals surface area contributed by atoms with Crippen molar-refractivity contribution in [1.82, 2.24) is 4.98 Å². The quantitative estimate of drug-likeness (QED) is 0.743. The summed E-state index contributed by atoms with van der Waals surface area (Å²) in [6, 6.07) is 4.77. The highest BCUT2D eigenvalue weighted by molar-refractivity contribution is 9.11. The molecule has 2 rings (SSSR count). The summed E-state index contributed by atoms with van der Waals surface area (Å²) in [5.74, 6) is -1.21. The monoisotopic (exact) mass is 420 g/mol. The van der Waals surface area contributed by atoms with Crippen LogP contribution in [0.4, 0.5) is 8.78 Å². The molecule has 0 saturated carbocycles. The number of halogens is 4. The Labute approximate surface area is 140 Å². The molecule has 0 fully saturated rings. The zero-order valence-electron chi connectivity index (χ0n) is 11.7. The summed E-state index contributed by atoms with van der Waals surface area (Å²) < 4.78 is 27.8. The fourth-order valence-corrected chi connectivity index (χ4v) is 3.06. The topological polar surface area (TPSA) is 38.9 Å². The van der Waals surface area contributed by atoms with Crippen molar-refractivity contribution >= 4 is 31.9 Å². The Morgan fingerprint density at radius 1 is 1.10 bits per heavy atom. The zero-order chi connectivity index (χ0) is 16.0. The van der Waals surface area contributed by atoms with Gasteiger partial charge in [-0.15, -0.1) is 0 Å². The predicted molar refractivity (Wildman–Crippen MR) is 88.0 cm³/mol. The fraction of sp³-hybridized carbons (Fsp3) is 0.267. The van der Waals surface area contributed by atoms with Crippen LogP contribution in [0.2, 0.25) is 0 Å². The van der Waals surface area contributed by atoms with E-state index in [0.717, 1.165) is 15.0 Å². The van der Waals surface area contributed by atoms with Gasteiger partial charge in [0.2, 0.25) is 0 Å². The zero-order valence-corrected chi connectivity index (χ0v) is 14.9. The minimum absolute atomic E-state index is 0.307. The van der Waals surface area contributed by atoms with Gasteiger partial charge < -0.3 is 5.73 Å². The molecule has 21 heavy (non-hydrogen) atoms. The summed E-state index contributed by atoms with van der Waals surface area (Å²) >= 11 is 6.67. The second kappa shape index (κ2) is 8.56. The third kappa shape index (κ3) is 5.45. The summed E-state index contributed by atoms with van der Waals surface area (Å²) in [6.45, 7) is 4.00. The maximum Gasteiger partial charge on any atom is 0.126 e. The van der Waals surface area contributed by atoms with E-state index in [1.165, 1.54) is 12.1 Å². The number of hydrogen-bond donors (Lipinski definition) is 1. The van der Waals surface area contributed by atoms with Crippen molar-refractivity contribution in [2.24, 2.45) is 5.73 Å². The van der Waals surface area contributed by atoms with E-state index in [-0.39, 0.29) is 0 Å². The highest BCUT2D eigenvalue weighted by Crippen LogP contribution is 2.25. The van der Waals surface area contributed by atoms with Gasteiger partial charge in [0.15, 0.2) is 0 Å². The van der Waals surface area contributed by atoms with E-state index in [9.17, 15) is 8.78 Å². The van der Waals surface area contributed by atoms with Gasteiger partial charge in [0.25, 0.3) is 0 Å². The predicted octanol–water partition coefficient (Wildman–Crippen LogP) is 5.15. The van der Waals surface area contributed by atoms with Gasteiger partial charge in [-0.3, -0.25) is 4.98 Å². The first kappa shape index (κ1) is 18.2. The van der Waals surface area contributed by atoms with Crippen LogP contribution >= 0.6 is 31.9 Å². The molecule has 0 aliphatic rings. The minimum Gasteiger partial charge on any atom is -0.322 e. The molecule has 1 heterocycles. The second-order valence-electron chi connectivity index (χ2n) is 4.11. The average Bonchev–Trinajstić information content (AvgIpc) is 2.39. The largest absolute Gasteiger partial charge is 0.322 e. The van der Waals surface area contributed by atoms with Gasteiger partial charge in [0, 0.05) is 21.2 Å². The molecule has 2 nitrogen and oxygen atoms in total. The molecule has 1 unspecified atom stereocenters. The summed E-state index contributed by atoms with van der Waals surface area (Å²) in [6.07, 6.45) is 1.94. The molecule has 0 radical (unpaired) electrons. The summed E-state index contributed by atoms with van der Waals surface area (Å²) in [4.78, 5) is 4.21. The van der Waals surface area contributed by atoms with Crippen molar-refractivity contribution in [3.8, 4) is 0 Å². The lowest BCUT2D eigenvalue weighted by Gasteiger charge is -2.13. The molecule has 2 aromatic rings. The van der Waals surface area contributed by atoms with Gasteiger partial charge in [0.05, 0.1) is 11.7 Å². The normalized spacial score (nSPS) is 11.6. The lowest BCUT2D eigenvalue weighted by atomic mass is 10.0. The highest BCUT2D eigenvalue weighted by atomic mass is 79.9. The van der Waals surface area contributed by atoms with Crippen LogP contribution in [-0.2, 0) is 6.42 Å². The summed E-state index contributed by atoms with van der Waals surface area (Å²) in [7, 11) is 0. The van der Waals surface area contributed by atoms with Crippen molar-refractivity contribution < 1.29 is 8.78 Å². The molecule has 2 N–H and O–H groups in total. The van der Waals surface area contributed by atoms with E-state index in [1.807, 2.05) is 19.9 Å². The van der Waals surface area contributed by atoms with E-state index in [2.05, 4.69) is 36.8 Å². The van der Waals surface area contributed by atoms with Gasteiger partial charge in [-0.1, -0.05) is 13.8 Å². The van der Waals surface area contributed by atoms with Gasteiger partial charge in [-0.2, -0.15) is 0 Å². The van der Waals surface area contributed by atoms with Crippen LogP contribution in [0.1, 0.15) is 31.1 Å². The molecule has 0 amide bonds. The van der Waals surface area contributed by atoms with Crippen LogP contribution in [0, 0.1) is 11.6 Å². The smallest absolute Gasteiger partial charge is 0.126 e. The van der Waals surface area contributed by atoms with E-state index < -0.39 is 17.7 Å². The Morgan fingerprint density at radius 2 is 1.67 bits per heavy atom. The molecule has 0 aliphatic heterocycles. The number of nitrogens with zero attached hydrogens (tertiary/aromatic N) is 1. The van der Waals surface area contributed by atoms with Crippen molar-refractivity contribution in [3.63, 3.8) is 0 Å². The Morgan fingerprint density at radius 3 is 2.19 bits per heavy atom. The van der Waals surface area contributed by atoms with E-state index in [1.54, 1.807) is 6.20 Å². The second-order valence-corrected chi connectivity index (χ2v) is 5.88. The average molecular weight is 422 g/mol. The fourth-order valence-electron chi connectivity index (χ4n) is 1.78. The van der Waals surface area contributed by atoms with E-state index >= 15 is 0 Å². The molecule has 0 saturated heterocycles. The lowest BCUT2D eigenvalue weighted by Crippen LogP contribution is -2.15. The number of nitrogens with two attached hydrogens (primary N) is 1. The van der Waals surface area contributed by atoms with Gasteiger partial charge >= 0.3 is 0 Å². The Hall–Kier alpha value is -0.850. The Bertz CT molecular complexity index is 586. The van der Waals surface area contributed by atoms with Crippen LogP contribution in [0.25, 0.3) is 0 Å². The molecular formula is C15H16Br2F2N2. The lowest BCUT2D eigenvalue weighted by molar-refractivity contribution is 0.575. The van der Waals surface area contributed by atoms with Crippen molar-refractivity contribution in [3.05, 3.63) is 62.3 Å². The number of aromatic nitrogens is 1. The van der Waals surface area contributed by atoms with Crippen molar-refractivity contribution in [1.29, 1.82) is 0 Å². The van der Waals surface area contributed by atoms with Crippen LogP contribution < -0.4 is 5.73 Å². The van der Waals surface area contributed by atoms with E-state index in [4.69, 9.17) is 5.73 Å². The Kier molecular flexibility index (Phi) is 7.42. The number of hydrogen-bond acceptors (Lipinski definition) is 2. The van der Waals surface area contributed by atoms with Gasteiger partial charge in [0.1, 0.15) is 11.6 Å².